The molecule has 7 nitrogen and oxygen atoms in total. The topological polar surface area (TPSA) is 74.6 Å². The van der Waals surface area contributed by atoms with Crippen LogP contribution in [0.25, 0.3) is 0 Å². The molecule has 0 unspecified atom stereocenters. The molecule has 0 atom stereocenters. The predicted octanol–water partition coefficient (Wildman–Crippen LogP) is 2.31. The van der Waals surface area contributed by atoms with Crippen molar-refractivity contribution in [3.8, 4) is 11.5 Å². The average Bonchev–Trinajstić information content (AvgIpc) is 3.01. The third kappa shape index (κ3) is 4.48. The standard InChI is InChI=1S/C17H23N3O4/c1-4-24-11-9-16(21)19-15-8-10-18-20(15)12-13-6-5-7-14(22-2)17(13)23-3/h5-8,10H,4,9,11-12H2,1-3H3,(H,19,21). The summed E-state index contributed by atoms with van der Waals surface area (Å²) in [5, 5.41) is 7.11. The summed E-state index contributed by atoms with van der Waals surface area (Å²) in [6.07, 6.45) is 1.95. The molecule has 0 bridgehead atoms. The van der Waals surface area contributed by atoms with Crippen molar-refractivity contribution in [1.82, 2.24) is 9.78 Å². The second-order valence-corrected chi connectivity index (χ2v) is 5.02. The van der Waals surface area contributed by atoms with Crippen LogP contribution in [-0.4, -0.2) is 43.1 Å². The van der Waals surface area contributed by atoms with Crippen LogP contribution < -0.4 is 14.8 Å². The Balaban J connectivity index is 2.10. The van der Waals surface area contributed by atoms with Crippen molar-refractivity contribution in [2.45, 2.75) is 19.9 Å². The second kappa shape index (κ2) is 8.93. The first-order valence-corrected chi connectivity index (χ1v) is 7.78. The van der Waals surface area contributed by atoms with Crippen LogP contribution in [-0.2, 0) is 16.1 Å². The number of benzene rings is 1. The van der Waals surface area contributed by atoms with E-state index in [0.29, 0.717) is 43.5 Å². The van der Waals surface area contributed by atoms with E-state index in [1.54, 1.807) is 31.2 Å². The second-order valence-electron chi connectivity index (χ2n) is 5.02. The summed E-state index contributed by atoms with van der Waals surface area (Å²) in [6.45, 7) is 3.35. The summed E-state index contributed by atoms with van der Waals surface area (Å²) in [5.41, 5.74) is 0.908. The molecule has 0 radical (unpaired) electrons. The number of amides is 1. The number of carbonyl (C=O) groups is 1. The number of nitrogens with one attached hydrogen (secondary N) is 1. The molecule has 1 aromatic heterocycles. The van der Waals surface area contributed by atoms with Crippen LogP contribution >= 0.6 is 0 Å². The normalized spacial score (nSPS) is 10.5. The number of hydrogen-bond donors (Lipinski definition) is 1. The molecular formula is C17H23N3O4. The van der Waals surface area contributed by atoms with Gasteiger partial charge in [-0.2, -0.15) is 5.10 Å². The molecule has 0 spiro atoms. The van der Waals surface area contributed by atoms with Crippen LogP contribution in [0.4, 0.5) is 5.82 Å². The molecule has 24 heavy (non-hydrogen) atoms. The van der Waals surface area contributed by atoms with Gasteiger partial charge < -0.3 is 19.5 Å². The number of methoxy groups -OCH3 is 2. The van der Waals surface area contributed by atoms with E-state index in [9.17, 15) is 4.79 Å². The van der Waals surface area contributed by atoms with Crippen LogP contribution in [0.1, 0.15) is 18.9 Å². The number of anilines is 1. The van der Waals surface area contributed by atoms with Crippen LogP contribution in [0, 0.1) is 0 Å². The zero-order chi connectivity index (χ0) is 17.4. The first-order valence-electron chi connectivity index (χ1n) is 7.78. The van der Waals surface area contributed by atoms with Crippen LogP contribution in [0.2, 0.25) is 0 Å². The van der Waals surface area contributed by atoms with E-state index in [4.69, 9.17) is 14.2 Å². The lowest BCUT2D eigenvalue weighted by atomic mass is 10.2. The highest BCUT2D eigenvalue weighted by molar-refractivity contribution is 5.89. The molecule has 130 valence electrons. The lowest BCUT2D eigenvalue weighted by Gasteiger charge is -2.14. The van der Waals surface area contributed by atoms with Gasteiger partial charge in [-0.15, -0.1) is 0 Å². The summed E-state index contributed by atoms with van der Waals surface area (Å²) in [7, 11) is 3.19. The molecule has 7 heteroatoms. The van der Waals surface area contributed by atoms with Gasteiger partial charge in [-0.1, -0.05) is 12.1 Å². The number of aromatic nitrogens is 2. The first kappa shape index (κ1) is 17.8. The molecule has 1 N–H and O–H groups in total. The van der Waals surface area contributed by atoms with Gasteiger partial charge in [-0.05, 0) is 13.0 Å². The van der Waals surface area contributed by atoms with E-state index in [1.165, 1.54) is 0 Å². The molecule has 0 aliphatic heterocycles. The van der Waals surface area contributed by atoms with E-state index >= 15 is 0 Å². The van der Waals surface area contributed by atoms with Gasteiger partial charge in [0, 0.05) is 18.2 Å². The van der Waals surface area contributed by atoms with Gasteiger partial charge in [0.15, 0.2) is 11.5 Å². The summed E-state index contributed by atoms with van der Waals surface area (Å²) in [5.74, 6) is 1.83. The summed E-state index contributed by atoms with van der Waals surface area (Å²) in [6, 6.07) is 7.41. The van der Waals surface area contributed by atoms with Gasteiger partial charge in [-0.25, -0.2) is 4.68 Å². The minimum absolute atomic E-state index is 0.109. The van der Waals surface area contributed by atoms with Crippen molar-refractivity contribution in [3.63, 3.8) is 0 Å². The van der Waals surface area contributed by atoms with Gasteiger partial charge in [0.25, 0.3) is 0 Å². The highest BCUT2D eigenvalue weighted by Crippen LogP contribution is 2.31. The lowest BCUT2D eigenvalue weighted by Crippen LogP contribution is -2.17. The van der Waals surface area contributed by atoms with Crippen molar-refractivity contribution in [1.29, 1.82) is 0 Å². The van der Waals surface area contributed by atoms with Crippen LogP contribution in [0.5, 0.6) is 11.5 Å². The molecule has 0 saturated carbocycles. The van der Waals surface area contributed by atoms with E-state index in [0.717, 1.165) is 5.56 Å². The number of rotatable bonds is 9. The third-order valence-corrected chi connectivity index (χ3v) is 3.47. The Morgan fingerprint density at radius 3 is 2.79 bits per heavy atom. The molecule has 0 fully saturated rings. The van der Waals surface area contributed by atoms with Crippen molar-refractivity contribution in [2.24, 2.45) is 0 Å². The zero-order valence-electron chi connectivity index (χ0n) is 14.2. The van der Waals surface area contributed by atoms with Gasteiger partial charge in [-0.3, -0.25) is 4.79 Å². The van der Waals surface area contributed by atoms with E-state index < -0.39 is 0 Å². The van der Waals surface area contributed by atoms with E-state index in [1.807, 2.05) is 25.1 Å². The minimum Gasteiger partial charge on any atom is -0.493 e. The Bertz CT molecular complexity index is 670. The molecule has 1 aromatic carbocycles. The fourth-order valence-electron chi connectivity index (χ4n) is 2.32. The summed E-state index contributed by atoms with van der Waals surface area (Å²) >= 11 is 0. The maximum atomic E-state index is 11.9. The van der Waals surface area contributed by atoms with Gasteiger partial charge in [0.2, 0.25) is 5.91 Å². The van der Waals surface area contributed by atoms with Crippen LogP contribution in [0.3, 0.4) is 0 Å². The smallest absolute Gasteiger partial charge is 0.227 e. The molecule has 2 aromatic rings. The van der Waals surface area contributed by atoms with Crippen LogP contribution in [0.15, 0.2) is 30.5 Å². The largest absolute Gasteiger partial charge is 0.493 e. The molecule has 2 rings (SSSR count). The number of ether oxygens (including phenoxy) is 3. The Kier molecular flexibility index (Phi) is 6.62. The van der Waals surface area contributed by atoms with Gasteiger partial charge in [0.05, 0.1) is 40.0 Å². The number of carbonyl (C=O) groups excluding carboxylic acids is 1. The van der Waals surface area contributed by atoms with Crippen molar-refractivity contribution in [3.05, 3.63) is 36.0 Å². The van der Waals surface area contributed by atoms with E-state index in [-0.39, 0.29) is 5.91 Å². The zero-order valence-corrected chi connectivity index (χ0v) is 14.2. The van der Waals surface area contributed by atoms with Crippen molar-refractivity contribution >= 4 is 11.7 Å². The Morgan fingerprint density at radius 2 is 2.08 bits per heavy atom. The third-order valence-electron chi connectivity index (χ3n) is 3.47. The first-order chi connectivity index (χ1) is 11.7. The molecule has 1 amide bonds. The molecule has 0 aliphatic carbocycles. The predicted molar refractivity (Wildman–Crippen MR) is 90.6 cm³/mol. The fourth-order valence-corrected chi connectivity index (χ4v) is 2.32. The molecule has 1 heterocycles. The van der Waals surface area contributed by atoms with E-state index in [2.05, 4.69) is 10.4 Å². The highest BCUT2D eigenvalue weighted by atomic mass is 16.5. The Hall–Kier alpha value is -2.54. The quantitative estimate of drug-likeness (QED) is 0.713. The monoisotopic (exact) mass is 333 g/mol. The molecule has 0 aliphatic rings. The molecule has 0 saturated heterocycles. The maximum Gasteiger partial charge on any atom is 0.227 e. The Labute approximate surface area is 141 Å². The number of nitrogens with zero attached hydrogens (tertiary/aromatic N) is 2. The van der Waals surface area contributed by atoms with Crippen molar-refractivity contribution < 1.29 is 19.0 Å². The SMILES string of the molecule is CCOCCC(=O)Nc1ccnn1Cc1cccc(OC)c1OC. The average molecular weight is 333 g/mol. The van der Waals surface area contributed by atoms with Gasteiger partial charge in [0.1, 0.15) is 5.82 Å². The summed E-state index contributed by atoms with van der Waals surface area (Å²) < 4.78 is 17.6. The number of hydrogen-bond acceptors (Lipinski definition) is 5. The lowest BCUT2D eigenvalue weighted by molar-refractivity contribution is -0.117. The molecular weight excluding hydrogens is 310 g/mol. The highest BCUT2D eigenvalue weighted by Gasteiger charge is 2.13. The van der Waals surface area contributed by atoms with Gasteiger partial charge >= 0.3 is 0 Å². The number of para-hydroxylation sites is 1. The fraction of sp³-hybridized carbons (Fsp3) is 0.412. The minimum atomic E-state index is -0.109. The summed E-state index contributed by atoms with van der Waals surface area (Å²) in [4.78, 5) is 11.9. The maximum absolute atomic E-state index is 11.9. The van der Waals surface area contributed by atoms with Crippen molar-refractivity contribution in [2.75, 3.05) is 32.8 Å². The Morgan fingerprint density at radius 1 is 1.25 bits per heavy atom.